The lowest BCUT2D eigenvalue weighted by atomic mass is 10.1. The van der Waals surface area contributed by atoms with E-state index >= 15 is 0 Å². The molecule has 0 atom stereocenters. The highest BCUT2D eigenvalue weighted by molar-refractivity contribution is 7.92. The monoisotopic (exact) mass is 439 g/mol. The highest BCUT2D eigenvalue weighted by Gasteiger charge is 2.21. The minimum Gasteiger partial charge on any atom is -0.322 e. The van der Waals surface area contributed by atoms with Crippen LogP contribution >= 0.6 is 0 Å². The van der Waals surface area contributed by atoms with Crippen molar-refractivity contribution >= 4 is 37.3 Å². The molecule has 29 heavy (non-hydrogen) atoms. The summed E-state index contributed by atoms with van der Waals surface area (Å²) in [5.74, 6) is -0.390. The van der Waals surface area contributed by atoms with Gasteiger partial charge in [0, 0.05) is 24.3 Å². The van der Waals surface area contributed by atoms with Gasteiger partial charge in [0.05, 0.1) is 16.8 Å². The van der Waals surface area contributed by atoms with Crippen LogP contribution in [0, 0.1) is 6.92 Å². The number of hydrogen-bond acceptors (Lipinski definition) is 5. The lowest BCUT2D eigenvalue weighted by Gasteiger charge is -2.18. The zero-order chi connectivity index (χ0) is 21.8. The quantitative estimate of drug-likeness (QED) is 0.657. The van der Waals surface area contributed by atoms with Crippen molar-refractivity contribution in [2.75, 3.05) is 29.4 Å². The molecule has 0 bridgehead atoms. The van der Waals surface area contributed by atoms with Gasteiger partial charge in [-0.1, -0.05) is 13.8 Å². The van der Waals surface area contributed by atoms with Gasteiger partial charge in [-0.2, -0.15) is 4.31 Å². The largest absolute Gasteiger partial charge is 0.322 e. The van der Waals surface area contributed by atoms with Crippen LogP contribution in [0.3, 0.4) is 0 Å². The van der Waals surface area contributed by atoms with Crippen LogP contribution in [0.2, 0.25) is 0 Å². The first-order valence-corrected chi connectivity index (χ1v) is 12.3. The lowest BCUT2D eigenvalue weighted by Crippen LogP contribution is -2.30. The summed E-state index contributed by atoms with van der Waals surface area (Å²) in [7, 11) is -6.97. The van der Waals surface area contributed by atoms with Gasteiger partial charge in [-0.3, -0.25) is 9.52 Å². The van der Waals surface area contributed by atoms with Crippen LogP contribution in [0.25, 0.3) is 0 Å². The Morgan fingerprint density at radius 2 is 1.55 bits per heavy atom. The van der Waals surface area contributed by atoms with Gasteiger partial charge in [-0.15, -0.1) is 0 Å². The van der Waals surface area contributed by atoms with Crippen molar-refractivity contribution in [1.82, 2.24) is 4.31 Å². The van der Waals surface area contributed by atoms with E-state index in [-0.39, 0.29) is 4.90 Å². The summed E-state index contributed by atoms with van der Waals surface area (Å²) in [5, 5.41) is 2.70. The van der Waals surface area contributed by atoms with Crippen LogP contribution in [-0.2, 0) is 20.0 Å². The molecule has 10 heteroatoms. The van der Waals surface area contributed by atoms with Gasteiger partial charge in [0.15, 0.2) is 0 Å². The molecule has 2 rings (SSSR count). The smallest absolute Gasteiger partial charge is 0.255 e. The fraction of sp³-hybridized carbons (Fsp3) is 0.316. The molecule has 0 saturated carbocycles. The van der Waals surface area contributed by atoms with Crippen LogP contribution in [-0.4, -0.2) is 46.4 Å². The van der Waals surface area contributed by atoms with Crippen LogP contribution in [0.1, 0.15) is 29.8 Å². The van der Waals surface area contributed by atoms with E-state index in [9.17, 15) is 21.6 Å². The van der Waals surface area contributed by atoms with Gasteiger partial charge in [0.25, 0.3) is 5.91 Å². The molecule has 2 aromatic carbocycles. The molecule has 0 spiro atoms. The topological polar surface area (TPSA) is 113 Å². The predicted octanol–water partition coefficient (Wildman–Crippen LogP) is 2.65. The molecule has 0 saturated heterocycles. The minimum absolute atomic E-state index is 0.159. The van der Waals surface area contributed by atoms with Gasteiger partial charge in [-0.05, 0) is 55.0 Å². The number of carbonyl (C=O) groups is 1. The fourth-order valence-electron chi connectivity index (χ4n) is 2.75. The van der Waals surface area contributed by atoms with Crippen molar-refractivity contribution in [2.24, 2.45) is 0 Å². The second-order valence-corrected chi connectivity index (χ2v) is 10.2. The van der Waals surface area contributed by atoms with E-state index in [0.29, 0.717) is 35.6 Å². The third-order valence-electron chi connectivity index (χ3n) is 4.24. The first-order valence-electron chi connectivity index (χ1n) is 8.98. The Kier molecular flexibility index (Phi) is 7.04. The second kappa shape index (κ2) is 8.93. The van der Waals surface area contributed by atoms with E-state index in [0.717, 1.165) is 6.26 Å². The number of benzene rings is 2. The van der Waals surface area contributed by atoms with E-state index in [1.807, 2.05) is 0 Å². The number of hydrogen-bond donors (Lipinski definition) is 2. The Labute approximate surface area is 172 Å². The normalized spacial score (nSPS) is 12.0. The van der Waals surface area contributed by atoms with Crippen LogP contribution < -0.4 is 10.0 Å². The van der Waals surface area contributed by atoms with E-state index in [1.165, 1.54) is 40.7 Å². The molecule has 8 nitrogen and oxygen atoms in total. The first kappa shape index (κ1) is 22.9. The predicted molar refractivity (Wildman–Crippen MR) is 114 cm³/mol. The minimum atomic E-state index is -3.56. The van der Waals surface area contributed by atoms with E-state index < -0.39 is 26.0 Å². The molecule has 0 heterocycles. The lowest BCUT2D eigenvalue weighted by molar-refractivity contribution is 0.102. The summed E-state index contributed by atoms with van der Waals surface area (Å²) < 4.78 is 51.5. The molecular formula is C19H25N3O5S2. The summed E-state index contributed by atoms with van der Waals surface area (Å²) in [6.45, 7) is 5.99. The maximum atomic E-state index is 12.5. The SMILES string of the molecule is CCN(CC)S(=O)(=O)c1ccc(NC(=O)c2ccc(NS(C)(=O)=O)c(C)c2)cc1. The van der Waals surface area contributed by atoms with E-state index in [1.54, 1.807) is 26.8 Å². The van der Waals surface area contributed by atoms with Crippen molar-refractivity contribution in [1.29, 1.82) is 0 Å². The zero-order valence-electron chi connectivity index (χ0n) is 16.8. The maximum Gasteiger partial charge on any atom is 0.255 e. The van der Waals surface area contributed by atoms with Gasteiger partial charge < -0.3 is 5.32 Å². The van der Waals surface area contributed by atoms with Gasteiger partial charge in [0.2, 0.25) is 20.0 Å². The number of sulfonamides is 2. The molecule has 2 N–H and O–H groups in total. The summed E-state index contributed by atoms with van der Waals surface area (Å²) in [5.41, 5.74) is 1.80. The number of aryl methyl sites for hydroxylation is 1. The number of carbonyl (C=O) groups excluding carboxylic acids is 1. The Balaban J connectivity index is 2.16. The molecule has 2 aromatic rings. The Morgan fingerprint density at radius 3 is 2.03 bits per heavy atom. The molecule has 0 aromatic heterocycles. The number of amides is 1. The van der Waals surface area contributed by atoms with E-state index in [4.69, 9.17) is 0 Å². The first-order chi connectivity index (χ1) is 13.5. The van der Waals surface area contributed by atoms with Crippen molar-refractivity contribution in [3.05, 3.63) is 53.6 Å². The molecule has 0 unspecified atom stereocenters. The maximum absolute atomic E-state index is 12.5. The second-order valence-electron chi connectivity index (χ2n) is 6.47. The molecule has 0 aliphatic rings. The van der Waals surface area contributed by atoms with Crippen LogP contribution in [0.5, 0.6) is 0 Å². The third kappa shape index (κ3) is 5.78. The van der Waals surface area contributed by atoms with Crippen molar-refractivity contribution in [3.63, 3.8) is 0 Å². The van der Waals surface area contributed by atoms with Crippen molar-refractivity contribution < 1.29 is 21.6 Å². The average Bonchev–Trinajstić information content (AvgIpc) is 2.63. The Hall–Kier alpha value is -2.43. The molecular weight excluding hydrogens is 414 g/mol. The summed E-state index contributed by atoms with van der Waals surface area (Å²) in [4.78, 5) is 12.6. The number of rotatable bonds is 8. The van der Waals surface area contributed by atoms with E-state index in [2.05, 4.69) is 10.0 Å². The van der Waals surface area contributed by atoms with Gasteiger partial charge >= 0.3 is 0 Å². The fourth-order valence-corrected chi connectivity index (χ4v) is 4.83. The standard InChI is InChI=1S/C19H25N3O5S2/c1-5-22(6-2)29(26,27)17-10-8-16(9-11-17)20-19(23)15-7-12-18(14(3)13-15)21-28(4,24)25/h7-13,21H,5-6H2,1-4H3,(H,20,23). The van der Waals surface area contributed by atoms with Gasteiger partial charge in [-0.25, -0.2) is 16.8 Å². The summed E-state index contributed by atoms with van der Waals surface area (Å²) in [6.07, 6.45) is 1.05. The Bertz CT molecular complexity index is 1090. The van der Waals surface area contributed by atoms with Crippen LogP contribution in [0.15, 0.2) is 47.4 Å². The zero-order valence-corrected chi connectivity index (χ0v) is 18.4. The molecule has 0 fully saturated rings. The van der Waals surface area contributed by atoms with Gasteiger partial charge in [0.1, 0.15) is 0 Å². The molecule has 0 aliphatic heterocycles. The molecule has 0 aliphatic carbocycles. The number of anilines is 2. The highest BCUT2D eigenvalue weighted by atomic mass is 32.2. The molecule has 158 valence electrons. The molecule has 0 radical (unpaired) electrons. The van der Waals surface area contributed by atoms with Crippen molar-refractivity contribution in [2.45, 2.75) is 25.7 Å². The van der Waals surface area contributed by atoms with Crippen LogP contribution in [0.4, 0.5) is 11.4 Å². The third-order valence-corrected chi connectivity index (χ3v) is 6.89. The summed E-state index contributed by atoms with van der Waals surface area (Å²) >= 11 is 0. The highest BCUT2D eigenvalue weighted by Crippen LogP contribution is 2.21. The number of nitrogens with zero attached hydrogens (tertiary/aromatic N) is 1. The Morgan fingerprint density at radius 1 is 0.966 bits per heavy atom. The van der Waals surface area contributed by atoms with Crippen molar-refractivity contribution in [3.8, 4) is 0 Å². The number of nitrogens with one attached hydrogen (secondary N) is 2. The molecule has 1 amide bonds. The summed E-state index contributed by atoms with van der Waals surface area (Å²) in [6, 6.07) is 10.6. The average molecular weight is 440 g/mol.